The van der Waals surface area contributed by atoms with Gasteiger partial charge in [-0.2, -0.15) is 4.98 Å². The number of aromatic nitrogens is 2. The van der Waals surface area contributed by atoms with Gasteiger partial charge in [0.2, 0.25) is 0 Å². The van der Waals surface area contributed by atoms with Crippen molar-refractivity contribution in [3.05, 3.63) is 41.0 Å². The molecule has 0 saturated heterocycles. The van der Waals surface area contributed by atoms with Crippen molar-refractivity contribution in [2.75, 3.05) is 7.11 Å². The van der Waals surface area contributed by atoms with E-state index in [1.54, 1.807) is 18.3 Å². The van der Waals surface area contributed by atoms with Gasteiger partial charge in [0.15, 0.2) is 0 Å². The predicted molar refractivity (Wildman–Crippen MR) is 66.0 cm³/mol. The van der Waals surface area contributed by atoms with Gasteiger partial charge in [0.05, 0.1) is 23.4 Å². The molecular formula is C12H9ClN2O3. The summed E-state index contributed by atoms with van der Waals surface area (Å²) in [4.78, 5) is 18.8. The Morgan fingerprint density at radius 2 is 2.17 bits per heavy atom. The Bertz CT molecular complexity index is 602. The summed E-state index contributed by atoms with van der Waals surface area (Å²) in [6, 6.07) is 6.36. The number of hydrogen-bond acceptors (Lipinski definition) is 4. The third-order valence-corrected chi connectivity index (χ3v) is 2.62. The first kappa shape index (κ1) is 12.3. The molecule has 92 valence electrons. The third kappa shape index (κ3) is 2.41. The molecule has 2 aromatic rings. The van der Waals surface area contributed by atoms with Crippen molar-refractivity contribution in [3.8, 4) is 17.3 Å². The molecule has 1 N–H and O–H groups in total. The first-order chi connectivity index (χ1) is 8.61. The second-order valence-corrected chi connectivity index (χ2v) is 3.84. The summed E-state index contributed by atoms with van der Waals surface area (Å²) in [5.41, 5.74) is 1.33. The Hall–Kier alpha value is -2.14. The smallest absolute Gasteiger partial charge is 0.335 e. The molecule has 0 amide bonds. The summed E-state index contributed by atoms with van der Waals surface area (Å²) in [7, 11) is 1.47. The zero-order valence-electron chi connectivity index (χ0n) is 9.42. The number of carbonyl (C=O) groups is 1. The monoisotopic (exact) mass is 264 g/mol. The molecule has 0 atom stereocenters. The Morgan fingerprint density at radius 1 is 1.39 bits per heavy atom. The van der Waals surface area contributed by atoms with Crippen LogP contribution in [0.2, 0.25) is 5.02 Å². The van der Waals surface area contributed by atoms with Gasteiger partial charge < -0.3 is 9.84 Å². The minimum Gasteiger partial charge on any atom is -0.478 e. The van der Waals surface area contributed by atoms with Crippen LogP contribution in [0.5, 0.6) is 6.01 Å². The van der Waals surface area contributed by atoms with Crippen LogP contribution in [0.1, 0.15) is 10.4 Å². The normalized spacial score (nSPS) is 10.1. The first-order valence-electron chi connectivity index (χ1n) is 5.02. The van der Waals surface area contributed by atoms with E-state index < -0.39 is 5.97 Å². The van der Waals surface area contributed by atoms with E-state index in [0.717, 1.165) is 0 Å². The van der Waals surface area contributed by atoms with E-state index in [0.29, 0.717) is 16.3 Å². The molecule has 1 aromatic heterocycles. The van der Waals surface area contributed by atoms with Crippen molar-refractivity contribution in [2.45, 2.75) is 0 Å². The van der Waals surface area contributed by atoms with Gasteiger partial charge >= 0.3 is 12.0 Å². The molecule has 1 heterocycles. The maximum Gasteiger partial charge on any atom is 0.335 e. The highest BCUT2D eigenvalue weighted by Gasteiger charge is 2.10. The molecule has 0 bridgehead atoms. The number of halogens is 1. The summed E-state index contributed by atoms with van der Waals surface area (Å²) >= 11 is 6.04. The van der Waals surface area contributed by atoms with Gasteiger partial charge in [-0.3, -0.25) is 0 Å². The predicted octanol–water partition coefficient (Wildman–Crippen LogP) is 2.50. The molecule has 0 fully saturated rings. The second kappa shape index (κ2) is 5.01. The number of ether oxygens (including phenoxy) is 1. The Morgan fingerprint density at radius 3 is 2.78 bits per heavy atom. The summed E-state index contributed by atoms with van der Waals surface area (Å²) in [5, 5.41) is 9.16. The van der Waals surface area contributed by atoms with Crippen LogP contribution in [0.4, 0.5) is 0 Å². The second-order valence-electron chi connectivity index (χ2n) is 3.43. The van der Waals surface area contributed by atoms with Crippen molar-refractivity contribution < 1.29 is 14.6 Å². The molecule has 0 spiro atoms. The fourth-order valence-corrected chi connectivity index (χ4v) is 1.72. The van der Waals surface area contributed by atoms with E-state index in [9.17, 15) is 4.79 Å². The minimum absolute atomic E-state index is 0.129. The summed E-state index contributed by atoms with van der Waals surface area (Å²) in [6.45, 7) is 0. The number of benzene rings is 1. The van der Waals surface area contributed by atoms with Crippen LogP contribution >= 0.6 is 11.6 Å². The fourth-order valence-electron chi connectivity index (χ4n) is 1.45. The number of carboxylic acid groups (broad SMARTS) is 1. The van der Waals surface area contributed by atoms with Gasteiger partial charge in [-0.1, -0.05) is 17.7 Å². The fraction of sp³-hybridized carbons (Fsp3) is 0.0833. The van der Waals surface area contributed by atoms with Gasteiger partial charge in [-0.25, -0.2) is 9.78 Å². The number of carboxylic acids is 1. The number of methoxy groups -OCH3 is 1. The zero-order chi connectivity index (χ0) is 13.1. The van der Waals surface area contributed by atoms with Gasteiger partial charge in [-0.05, 0) is 18.2 Å². The van der Waals surface area contributed by atoms with Crippen molar-refractivity contribution in [1.82, 2.24) is 9.97 Å². The highest BCUT2D eigenvalue weighted by molar-refractivity contribution is 6.33. The summed E-state index contributed by atoms with van der Waals surface area (Å²) in [6.07, 6.45) is 1.54. The van der Waals surface area contributed by atoms with E-state index in [1.165, 1.54) is 19.2 Å². The van der Waals surface area contributed by atoms with Crippen LogP contribution in [0, 0.1) is 0 Å². The molecule has 0 radical (unpaired) electrons. The Labute approximate surface area is 108 Å². The lowest BCUT2D eigenvalue weighted by molar-refractivity contribution is 0.0697. The van der Waals surface area contributed by atoms with Crippen LogP contribution in [0.25, 0.3) is 11.3 Å². The highest BCUT2D eigenvalue weighted by atomic mass is 35.5. The van der Waals surface area contributed by atoms with Gasteiger partial charge in [0.25, 0.3) is 0 Å². The number of rotatable bonds is 3. The lowest BCUT2D eigenvalue weighted by Gasteiger charge is -2.05. The van der Waals surface area contributed by atoms with Gasteiger partial charge in [-0.15, -0.1) is 0 Å². The Balaban J connectivity index is 2.47. The van der Waals surface area contributed by atoms with E-state index in [-0.39, 0.29) is 11.6 Å². The number of aromatic carboxylic acids is 1. The molecule has 2 rings (SSSR count). The van der Waals surface area contributed by atoms with E-state index in [2.05, 4.69) is 9.97 Å². The first-order valence-corrected chi connectivity index (χ1v) is 5.40. The van der Waals surface area contributed by atoms with Crippen molar-refractivity contribution >= 4 is 17.6 Å². The molecule has 0 aliphatic carbocycles. The van der Waals surface area contributed by atoms with Crippen molar-refractivity contribution in [2.24, 2.45) is 0 Å². The van der Waals surface area contributed by atoms with Gasteiger partial charge in [0.1, 0.15) is 0 Å². The minimum atomic E-state index is -1.02. The average molecular weight is 265 g/mol. The molecule has 1 aromatic carbocycles. The van der Waals surface area contributed by atoms with Crippen LogP contribution < -0.4 is 4.74 Å². The standard InChI is InChI=1S/C12H9ClN2O3/c1-18-12-14-5-4-10(15-12)8-3-2-7(11(16)17)6-9(8)13/h2-6H,1H3,(H,16,17). The van der Waals surface area contributed by atoms with Crippen LogP contribution in [-0.4, -0.2) is 28.2 Å². The molecule has 0 unspecified atom stereocenters. The molecule has 6 heteroatoms. The van der Waals surface area contributed by atoms with E-state index in [4.69, 9.17) is 21.4 Å². The summed E-state index contributed by atoms with van der Waals surface area (Å²) in [5.74, 6) is -1.02. The van der Waals surface area contributed by atoms with Crippen molar-refractivity contribution in [1.29, 1.82) is 0 Å². The molecule has 0 aliphatic rings. The van der Waals surface area contributed by atoms with Crippen LogP contribution in [0.15, 0.2) is 30.5 Å². The third-order valence-electron chi connectivity index (χ3n) is 2.31. The SMILES string of the molecule is COc1nccc(-c2ccc(C(=O)O)cc2Cl)n1. The zero-order valence-corrected chi connectivity index (χ0v) is 10.2. The largest absolute Gasteiger partial charge is 0.478 e. The maximum atomic E-state index is 10.8. The van der Waals surface area contributed by atoms with Crippen molar-refractivity contribution in [3.63, 3.8) is 0 Å². The molecule has 0 saturated carbocycles. The van der Waals surface area contributed by atoms with E-state index >= 15 is 0 Å². The average Bonchev–Trinajstić information content (AvgIpc) is 2.38. The maximum absolute atomic E-state index is 10.8. The molecule has 5 nitrogen and oxygen atoms in total. The quantitative estimate of drug-likeness (QED) is 0.922. The van der Waals surface area contributed by atoms with E-state index in [1.807, 2.05) is 0 Å². The van der Waals surface area contributed by atoms with Crippen LogP contribution in [-0.2, 0) is 0 Å². The molecule has 18 heavy (non-hydrogen) atoms. The highest BCUT2D eigenvalue weighted by Crippen LogP contribution is 2.27. The lowest BCUT2D eigenvalue weighted by atomic mass is 10.1. The Kier molecular flexibility index (Phi) is 3.43. The van der Waals surface area contributed by atoms with Gasteiger partial charge in [0, 0.05) is 11.8 Å². The summed E-state index contributed by atoms with van der Waals surface area (Å²) < 4.78 is 4.92. The number of hydrogen-bond donors (Lipinski definition) is 1. The molecule has 0 aliphatic heterocycles. The number of nitrogens with zero attached hydrogens (tertiary/aromatic N) is 2. The lowest BCUT2D eigenvalue weighted by Crippen LogP contribution is -1.97. The topological polar surface area (TPSA) is 72.3 Å². The van der Waals surface area contributed by atoms with Crippen LogP contribution in [0.3, 0.4) is 0 Å². The molecular weight excluding hydrogens is 256 g/mol.